The molecule has 0 bridgehead atoms. The summed E-state index contributed by atoms with van der Waals surface area (Å²) in [5.41, 5.74) is 2.98. The maximum Gasteiger partial charge on any atom is 0.148 e. The molecule has 1 atom stereocenters. The summed E-state index contributed by atoms with van der Waals surface area (Å²) in [6.45, 7) is 9.93. The molecule has 18 heavy (non-hydrogen) atoms. The number of hydrogen-bond donors (Lipinski definition) is 1. The summed E-state index contributed by atoms with van der Waals surface area (Å²) >= 11 is 0. The number of rotatable bonds is 3. The Labute approximate surface area is 107 Å². The van der Waals surface area contributed by atoms with Crippen molar-refractivity contribution in [2.75, 3.05) is 5.32 Å². The van der Waals surface area contributed by atoms with E-state index in [0.717, 1.165) is 34.3 Å². The van der Waals surface area contributed by atoms with Crippen molar-refractivity contribution >= 4 is 5.82 Å². The molecule has 2 aromatic rings. The predicted octanol–water partition coefficient (Wildman–Crippen LogP) is 3.48. The fourth-order valence-corrected chi connectivity index (χ4v) is 2.04. The summed E-state index contributed by atoms with van der Waals surface area (Å²) in [6.07, 6.45) is 1.78. The van der Waals surface area contributed by atoms with Crippen LogP contribution in [0.1, 0.15) is 41.4 Å². The normalized spacial score (nSPS) is 12.5. The van der Waals surface area contributed by atoms with Crippen LogP contribution in [0.4, 0.5) is 5.82 Å². The average molecular weight is 245 g/mol. The van der Waals surface area contributed by atoms with E-state index in [1.165, 1.54) is 0 Å². The van der Waals surface area contributed by atoms with Crippen LogP contribution in [-0.2, 0) is 0 Å². The van der Waals surface area contributed by atoms with Gasteiger partial charge in [0, 0.05) is 11.8 Å². The quantitative estimate of drug-likeness (QED) is 0.899. The van der Waals surface area contributed by atoms with Crippen LogP contribution in [0.25, 0.3) is 0 Å². The third-order valence-electron chi connectivity index (χ3n) is 2.97. The first-order valence-electron chi connectivity index (χ1n) is 6.11. The van der Waals surface area contributed by atoms with Crippen molar-refractivity contribution in [2.45, 2.75) is 40.7 Å². The second-order valence-electron chi connectivity index (χ2n) is 4.68. The van der Waals surface area contributed by atoms with Crippen LogP contribution in [0, 0.1) is 27.7 Å². The Morgan fingerprint density at radius 2 is 1.94 bits per heavy atom. The number of aryl methyl sites for hydroxylation is 4. The van der Waals surface area contributed by atoms with Crippen LogP contribution in [0.2, 0.25) is 0 Å². The van der Waals surface area contributed by atoms with Gasteiger partial charge in [-0.05, 0) is 40.7 Å². The van der Waals surface area contributed by atoms with Crippen LogP contribution in [0.3, 0.4) is 0 Å². The third kappa shape index (κ3) is 2.53. The summed E-state index contributed by atoms with van der Waals surface area (Å²) in [6, 6.07) is 2.21. The summed E-state index contributed by atoms with van der Waals surface area (Å²) < 4.78 is 5.55. The van der Waals surface area contributed by atoms with Gasteiger partial charge in [-0.25, -0.2) is 4.98 Å². The van der Waals surface area contributed by atoms with Crippen molar-refractivity contribution in [3.63, 3.8) is 0 Å². The second kappa shape index (κ2) is 4.80. The van der Waals surface area contributed by atoms with Crippen LogP contribution in [0.5, 0.6) is 0 Å². The lowest BCUT2D eigenvalue weighted by molar-refractivity contribution is 0.499. The minimum atomic E-state index is 0.150. The van der Waals surface area contributed by atoms with E-state index in [1.54, 1.807) is 6.20 Å². The molecule has 0 aliphatic rings. The molecule has 0 fully saturated rings. The highest BCUT2D eigenvalue weighted by molar-refractivity contribution is 5.43. The van der Waals surface area contributed by atoms with Gasteiger partial charge in [-0.1, -0.05) is 0 Å². The highest BCUT2D eigenvalue weighted by Crippen LogP contribution is 2.24. The fourth-order valence-electron chi connectivity index (χ4n) is 2.04. The molecule has 0 saturated carbocycles. The Kier molecular flexibility index (Phi) is 3.36. The first-order chi connectivity index (χ1) is 8.47. The molecule has 0 aromatic carbocycles. The number of furan rings is 1. The Balaban J connectivity index is 2.23. The molecule has 2 rings (SSSR count). The highest BCUT2D eigenvalue weighted by Gasteiger charge is 2.14. The Morgan fingerprint density at radius 1 is 1.22 bits per heavy atom. The van der Waals surface area contributed by atoms with Crippen molar-refractivity contribution in [1.82, 2.24) is 9.97 Å². The van der Waals surface area contributed by atoms with Crippen molar-refractivity contribution < 1.29 is 4.42 Å². The Hall–Kier alpha value is -1.84. The Bertz CT molecular complexity index is 560. The van der Waals surface area contributed by atoms with Gasteiger partial charge in [-0.2, -0.15) is 0 Å². The molecule has 2 heterocycles. The van der Waals surface area contributed by atoms with Crippen LogP contribution < -0.4 is 5.32 Å². The van der Waals surface area contributed by atoms with Gasteiger partial charge in [0.25, 0.3) is 0 Å². The van der Waals surface area contributed by atoms with E-state index < -0.39 is 0 Å². The smallest absolute Gasteiger partial charge is 0.148 e. The fraction of sp³-hybridized carbons (Fsp3) is 0.429. The molecular weight excluding hydrogens is 226 g/mol. The zero-order chi connectivity index (χ0) is 13.3. The first kappa shape index (κ1) is 12.6. The third-order valence-corrected chi connectivity index (χ3v) is 2.97. The first-order valence-corrected chi connectivity index (χ1v) is 6.11. The zero-order valence-corrected chi connectivity index (χ0v) is 11.5. The Morgan fingerprint density at radius 3 is 2.56 bits per heavy atom. The van der Waals surface area contributed by atoms with Gasteiger partial charge in [0.05, 0.1) is 17.4 Å². The maximum absolute atomic E-state index is 5.55. The van der Waals surface area contributed by atoms with Crippen LogP contribution in [-0.4, -0.2) is 9.97 Å². The summed E-state index contributed by atoms with van der Waals surface area (Å²) in [5.74, 6) is 2.72. The lowest BCUT2D eigenvalue weighted by atomic mass is 10.1. The molecule has 2 aromatic heterocycles. The van der Waals surface area contributed by atoms with Gasteiger partial charge in [-0.3, -0.25) is 4.98 Å². The highest BCUT2D eigenvalue weighted by atomic mass is 16.3. The predicted molar refractivity (Wildman–Crippen MR) is 71.7 cm³/mol. The maximum atomic E-state index is 5.55. The number of hydrogen-bond acceptors (Lipinski definition) is 4. The second-order valence-corrected chi connectivity index (χ2v) is 4.68. The minimum Gasteiger partial charge on any atom is -0.466 e. The van der Waals surface area contributed by atoms with Gasteiger partial charge in [0.15, 0.2) is 0 Å². The zero-order valence-electron chi connectivity index (χ0n) is 11.5. The van der Waals surface area contributed by atoms with Gasteiger partial charge in [0.2, 0.25) is 0 Å². The van der Waals surface area contributed by atoms with Crippen LogP contribution >= 0.6 is 0 Å². The molecule has 1 unspecified atom stereocenters. The SMILES string of the molecule is Cc1cnc(C)c(NC(C)c2cc(C)oc2C)n1. The lowest BCUT2D eigenvalue weighted by Gasteiger charge is -2.15. The van der Waals surface area contributed by atoms with E-state index in [-0.39, 0.29) is 6.04 Å². The van der Waals surface area contributed by atoms with Crippen molar-refractivity contribution in [2.24, 2.45) is 0 Å². The lowest BCUT2D eigenvalue weighted by Crippen LogP contribution is -2.10. The molecule has 0 spiro atoms. The summed E-state index contributed by atoms with van der Waals surface area (Å²) in [5, 5.41) is 3.39. The molecule has 0 saturated heterocycles. The molecule has 0 aliphatic heterocycles. The van der Waals surface area contributed by atoms with Crippen molar-refractivity contribution in [3.8, 4) is 0 Å². The molecule has 96 valence electrons. The van der Waals surface area contributed by atoms with E-state index in [0.29, 0.717) is 0 Å². The molecule has 0 aliphatic carbocycles. The van der Waals surface area contributed by atoms with Gasteiger partial charge in [-0.15, -0.1) is 0 Å². The van der Waals surface area contributed by atoms with E-state index in [2.05, 4.69) is 28.3 Å². The van der Waals surface area contributed by atoms with Gasteiger partial charge >= 0.3 is 0 Å². The monoisotopic (exact) mass is 245 g/mol. The molecule has 1 N–H and O–H groups in total. The molecule has 4 heteroatoms. The van der Waals surface area contributed by atoms with Crippen molar-refractivity contribution in [3.05, 3.63) is 40.7 Å². The van der Waals surface area contributed by atoms with Gasteiger partial charge in [0.1, 0.15) is 17.3 Å². The molecular formula is C14H19N3O. The molecule has 0 radical (unpaired) electrons. The molecule has 0 amide bonds. The van der Waals surface area contributed by atoms with E-state index in [4.69, 9.17) is 4.42 Å². The van der Waals surface area contributed by atoms with Crippen molar-refractivity contribution in [1.29, 1.82) is 0 Å². The number of nitrogens with one attached hydrogen (secondary N) is 1. The largest absolute Gasteiger partial charge is 0.466 e. The van der Waals surface area contributed by atoms with E-state index >= 15 is 0 Å². The molecule has 4 nitrogen and oxygen atoms in total. The summed E-state index contributed by atoms with van der Waals surface area (Å²) in [4.78, 5) is 8.78. The van der Waals surface area contributed by atoms with Crippen LogP contribution in [0.15, 0.2) is 16.7 Å². The number of nitrogens with zero attached hydrogens (tertiary/aromatic N) is 2. The van der Waals surface area contributed by atoms with E-state index in [9.17, 15) is 0 Å². The standard InChI is InChI=1S/C14H19N3O/c1-8-7-15-11(4)14(16-8)17-10(3)13-6-9(2)18-12(13)5/h6-7,10H,1-5H3,(H,16,17). The minimum absolute atomic E-state index is 0.150. The topological polar surface area (TPSA) is 51.0 Å². The average Bonchev–Trinajstić information content (AvgIpc) is 2.63. The van der Waals surface area contributed by atoms with Gasteiger partial charge < -0.3 is 9.73 Å². The number of aromatic nitrogens is 2. The summed E-state index contributed by atoms with van der Waals surface area (Å²) in [7, 11) is 0. The number of anilines is 1. The van der Waals surface area contributed by atoms with E-state index in [1.807, 2.05) is 27.7 Å².